The largest absolute Gasteiger partial charge is 0.394 e. The fraction of sp³-hybridized carbons (Fsp3) is 0.929. The van der Waals surface area contributed by atoms with E-state index in [1.165, 1.54) is 64.2 Å². The van der Waals surface area contributed by atoms with Crippen LogP contribution in [0.5, 0.6) is 0 Å². The van der Waals surface area contributed by atoms with Crippen LogP contribution in [0.2, 0.25) is 0 Å². The molecule has 0 bridgehead atoms. The van der Waals surface area contributed by atoms with Gasteiger partial charge >= 0.3 is 0 Å². The normalized spacial score (nSPS) is 27.1. The van der Waals surface area contributed by atoms with Crippen LogP contribution in [0.4, 0.5) is 0 Å². The van der Waals surface area contributed by atoms with Crippen LogP contribution in [0, 0.1) is 0 Å². The summed E-state index contributed by atoms with van der Waals surface area (Å²) in [6, 6.07) is -0.819. The number of aliphatic hydroxyl groups excluding tert-OH is 3. The van der Waals surface area contributed by atoms with E-state index in [0.717, 1.165) is 25.7 Å². The maximum absolute atomic E-state index is 11.2. The highest BCUT2D eigenvalue weighted by Gasteiger charge is 2.52. The van der Waals surface area contributed by atoms with Crippen molar-refractivity contribution in [1.82, 2.24) is 5.32 Å². The summed E-state index contributed by atoms with van der Waals surface area (Å²) in [5, 5.41) is 44.6. The van der Waals surface area contributed by atoms with E-state index < -0.39 is 36.7 Å². The van der Waals surface area contributed by atoms with E-state index in [1.54, 1.807) is 7.11 Å². The molecule has 0 aromatic rings. The number of aliphatic hydroxyl groups is 4. The Kier molecular flexibility index (Phi) is 19.0. The van der Waals surface area contributed by atoms with Crippen molar-refractivity contribution in [2.75, 3.05) is 26.9 Å². The summed E-state index contributed by atoms with van der Waals surface area (Å²) in [7, 11) is 1.62. The monoisotopic (exact) mass is 501 g/mol. The van der Waals surface area contributed by atoms with Gasteiger partial charge in [0.25, 0.3) is 0 Å². The van der Waals surface area contributed by atoms with Crippen LogP contribution in [0.3, 0.4) is 0 Å². The zero-order valence-corrected chi connectivity index (χ0v) is 22.5. The Labute approximate surface area is 214 Å². The number of ether oxygens (including phenoxy) is 2. The zero-order valence-electron chi connectivity index (χ0n) is 22.5. The highest BCUT2D eigenvalue weighted by atomic mass is 16.6. The van der Waals surface area contributed by atoms with E-state index in [0.29, 0.717) is 26.0 Å². The molecule has 0 radical (unpaired) electrons. The fourth-order valence-corrected chi connectivity index (χ4v) is 4.83. The summed E-state index contributed by atoms with van der Waals surface area (Å²) in [6.45, 7) is 2.88. The molecule has 1 fully saturated rings. The van der Waals surface area contributed by atoms with Crippen LogP contribution in [0.15, 0.2) is 12.2 Å². The van der Waals surface area contributed by atoms with Crippen molar-refractivity contribution < 1.29 is 29.9 Å². The number of methoxy groups -OCH3 is 1. The molecular formula is C28H55NO6. The molecule has 1 rings (SSSR count). The number of rotatable bonds is 22. The summed E-state index contributed by atoms with van der Waals surface area (Å²) < 4.78 is 10.7. The minimum Gasteiger partial charge on any atom is -0.394 e. The summed E-state index contributed by atoms with van der Waals surface area (Å²) in [5.74, 6) is -1.63. The van der Waals surface area contributed by atoms with Crippen LogP contribution in [-0.2, 0) is 9.47 Å². The van der Waals surface area contributed by atoms with Gasteiger partial charge in [-0.3, -0.25) is 0 Å². The summed E-state index contributed by atoms with van der Waals surface area (Å²) in [5.41, 5.74) is 0. The number of unbranched alkanes of at least 4 members (excludes halogenated alkanes) is 12. The van der Waals surface area contributed by atoms with Crippen LogP contribution in [0.1, 0.15) is 110 Å². The maximum atomic E-state index is 11.2. The highest BCUT2D eigenvalue weighted by molar-refractivity contribution is 5.00. The number of allylic oxidation sites excluding steroid dienone is 2. The van der Waals surface area contributed by atoms with Gasteiger partial charge in [0.05, 0.1) is 12.6 Å². The van der Waals surface area contributed by atoms with Crippen LogP contribution >= 0.6 is 0 Å². The van der Waals surface area contributed by atoms with Crippen LogP contribution in [-0.4, -0.2) is 77.4 Å². The van der Waals surface area contributed by atoms with Gasteiger partial charge in [-0.15, -0.1) is 0 Å². The number of nitrogens with one attached hydrogen (secondary N) is 1. The van der Waals surface area contributed by atoms with Crippen molar-refractivity contribution in [3.63, 3.8) is 0 Å². The second-order valence-corrected chi connectivity index (χ2v) is 10.1. The molecule has 0 amide bonds. The molecule has 35 heavy (non-hydrogen) atoms. The molecule has 0 spiro atoms. The average molecular weight is 502 g/mol. The van der Waals surface area contributed by atoms with Crippen LogP contribution in [0.25, 0.3) is 0 Å². The minimum absolute atomic E-state index is 0.344. The summed E-state index contributed by atoms with van der Waals surface area (Å²) in [6.07, 6.45) is 19.2. The Morgan fingerprint density at radius 1 is 0.829 bits per heavy atom. The first-order chi connectivity index (χ1) is 17.0. The molecule has 0 aromatic heterocycles. The molecule has 208 valence electrons. The van der Waals surface area contributed by atoms with Gasteiger partial charge < -0.3 is 35.2 Å². The third-order valence-corrected chi connectivity index (χ3v) is 7.03. The quantitative estimate of drug-likeness (QED) is 0.112. The zero-order chi connectivity index (χ0) is 25.8. The van der Waals surface area contributed by atoms with Crippen molar-refractivity contribution in [3.05, 3.63) is 12.2 Å². The van der Waals surface area contributed by atoms with Crippen molar-refractivity contribution in [1.29, 1.82) is 0 Å². The molecule has 1 aliphatic heterocycles. The molecule has 5 N–H and O–H groups in total. The molecule has 7 heteroatoms. The Bertz CT molecular complexity index is 520. The van der Waals surface area contributed by atoms with E-state index >= 15 is 0 Å². The third kappa shape index (κ3) is 13.5. The lowest BCUT2D eigenvalue weighted by molar-refractivity contribution is -0.322. The molecule has 0 saturated carbocycles. The molecular weight excluding hydrogens is 446 g/mol. The summed E-state index contributed by atoms with van der Waals surface area (Å²) in [4.78, 5) is 0. The smallest absolute Gasteiger partial charge is 0.184 e. The average Bonchev–Trinajstić information content (AvgIpc) is 2.85. The van der Waals surface area contributed by atoms with E-state index in [-0.39, 0.29) is 0 Å². The van der Waals surface area contributed by atoms with Gasteiger partial charge in [-0.25, -0.2) is 0 Å². The summed E-state index contributed by atoms with van der Waals surface area (Å²) >= 11 is 0. The molecule has 1 heterocycles. The lowest BCUT2D eigenvalue weighted by Gasteiger charge is -2.48. The SMILES string of the molecule is CCCCCCCC/C=C\CCCCCCCCC1(O)O[C@H](CO)[C@@H](O)[C@H](O)[C@H]1NCCCOC. The lowest BCUT2D eigenvalue weighted by atomic mass is 9.87. The third-order valence-electron chi connectivity index (χ3n) is 7.03. The first kappa shape index (κ1) is 32.5. The predicted molar refractivity (Wildman–Crippen MR) is 141 cm³/mol. The lowest BCUT2D eigenvalue weighted by Crippen LogP contribution is -2.69. The molecule has 7 nitrogen and oxygen atoms in total. The first-order valence-electron chi connectivity index (χ1n) is 14.2. The first-order valence-corrected chi connectivity index (χ1v) is 14.2. The van der Waals surface area contributed by atoms with Crippen molar-refractivity contribution in [2.24, 2.45) is 0 Å². The highest BCUT2D eigenvalue weighted by Crippen LogP contribution is 2.32. The van der Waals surface area contributed by atoms with Gasteiger partial charge in [0.2, 0.25) is 0 Å². The maximum Gasteiger partial charge on any atom is 0.184 e. The molecule has 0 aliphatic carbocycles. The Morgan fingerprint density at radius 2 is 1.40 bits per heavy atom. The van der Waals surface area contributed by atoms with Gasteiger partial charge in [0.15, 0.2) is 5.79 Å². The predicted octanol–water partition coefficient (Wildman–Crippen LogP) is 4.21. The van der Waals surface area contributed by atoms with E-state index in [4.69, 9.17) is 9.47 Å². The van der Waals surface area contributed by atoms with Crippen molar-refractivity contribution in [3.8, 4) is 0 Å². The van der Waals surface area contributed by atoms with Crippen LogP contribution < -0.4 is 5.32 Å². The molecule has 0 aromatic carbocycles. The van der Waals surface area contributed by atoms with Gasteiger partial charge in [0, 0.05) is 20.1 Å². The molecule has 1 saturated heterocycles. The Balaban J connectivity index is 2.21. The second-order valence-electron chi connectivity index (χ2n) is 10.1. The van der Waals surface area contributed by atoms with E-state index in [1.807, 2.05) is 0 Å². The van der Waals surface area contributed by atoms with E-state index in [9.17, 15) is 20.4 Å². The van der Waals surface area contributed by atoms with Gasteiger partial charge in [0.1, 0.15) is 18.3 Å². The topological polar surface area (TPSA) is 111 Å². The Morgan fingerprint density at radius 3 is 1.97 bits per heavy atom. The molecule has 5 atom stereocenters. The molecule has 1 unspecified atom stereocenters. The van der Waals surface area contributed by atoms with Gasteiger partial charge in [-0.05, 0) is 45.1 Å². The van der Waals surface area contributed by atoms with Crippen molar-refractivity contribution in [2.45, 2.75) is 140 Å². The minimum atomic E-state index is -1.63. The van der Waals surface area contributed by atoms with E-state index in [2.05, 4.69) is 24.4 Å². The number of hydrogen-bond donors (Lipinski definition) is 5. The fourth-order valence-electron chi connectivity index (χ4n) is 4.83. The van der Waals surface area contributed by atoms with Gasteiger partial charge in [-0.1, -0.05) is 76.9 Å². The van der Waals surface area contributed by atoms with Crippen molar-refractivity contribution >= 4 is 0 Å². The molecule has 1 aliphatic rings. The number of hydrogen-bond acceptors (Lipinski definition) is 7. The standard InChI is InChI=1S/C28H55NO6/c1-3-4-5-6-7-8-9-10-11-12-13-14-15-16-17-18-20-28(33)27(29-21-19-22-34-2)26(32)25(31)24(23-30)35-28/h10-11,24-27,29-33H,3-9,12-23H2,1-2H3/b11-10-/t24-,25-,26+,27-,28?/m1/s1. The second kappa shape index (κ2) is 20.5. The Hall–Kier alpha value is -0.540. The van der Waals surface area contributed by atoms with Gasteiger partial charge in [-0.2, -0.15) is 0 Å².